The average Bonchev–Trinajstić information content (AvgIpc) is 3.18. The normalized spacial score (nSPS) is 15.8. The topological polar surface area (TPSA) is 87.6 Å². The van der Waals surface area contributed by atoms with Gasteiger partial charge < -0.3 is 15.8 Å². The first-order valence-corrected chi connectivity index (χ1v) is 6.18. The lowest BCUT2D eigenvalue weighted by molar-refractivity contribution is 0.318. The number of hydrogen-bond donors (Lipinski definition) is 2. The van der Waals surface area contributed by atoms with Crippen LogP contribution in [-0.4, -0.2) is 33.8 Å². The molecule has 6 heteroatoms. The maximum absolute atomic E-state index is 8.93. The fourth-order valence-electron chi connectivity index (χ4n) is 2.12. The molecule has 0 atom stereocenters. The van der Waals surface area contributed by atoms with Crippen LogP contribution >= 0.6 is 0 Å². The van der Waals surface area contributed by atoms with Crippen LogP contribution in [0.15, 0.2) is 5.16 Å². The number of nitrogens with zero attached hydrogens (tertiary/aromatic N) is 4. The molecule has 0 radical (unpaired) electrons. The molecule has 1 saturated carbocycles. The Balaban J connectivity index is 2.55. The Labute approximate surface area is 106 Å². The molecule has 1 aromatic rings. The minimum atomic E-state index is 0.0969. The maximum Gasteiger partial charge on any atom is 0.174 e. The van der Waals surface area contributed by atoms with Gasteiger partial charge in [-0.05, 0) is 39.2 Å². The Kier molecular flexibility index (Phi) is 3.36. The molecule has 2 rings (SSSR count). The Morgan fingerprint density at radius 2 is 2.11 bits per heavy atom. The van der Waals surface area contributed by atoms with Gasteiger partial charge >= 0.3 is 0 Å². The van der Waals surface area contributed by atoms with Crippen molar-refractivity contribution < 1.29 is 5.21 Å². The highest BCUT2D eigenvalue weighted by Crippen LogP contribution is 2.33. The predicted molar refractivity (Wildman–Crippen MR) is 70.1 cm³/mol. The van der Waals surface area contributed by atoms with E-state index < -0.39 is 0 Å². The lowest BCUT2D eigenvalue weighted by Crippen LogP contribution is -2.31. The summed E-state index contributed by atoms with van der Waals surface area (Å²) in [6.45, 7) is 6.70. The molecule has 0 amide bonds. The third-order valence-corrected chi connectivity index (χ3v) is 3.40. The van der Waals surface area contributed by atoms with Gasteiger partial charge in [0.25, 0.3) is 0 Å². The molecule has 98 valence electrons. The van der Waals surface area contributed by atoms with Gasteiger partial charge in [0.05, 0.1) is 11.3 Å². The van der Waals surface area contributed by atoms with Crippen LogP contribution in [0.5, 0.6) is 0 Å². The van der Waals surface area contributed by atoms with Crippen molar-refractivity contribution in [3.8, 4) is 0 Å². The zero-order valence-electron chi connectivity index (χ0n) is 11.0. The molecular formula is C12H19N5O. The fourth-order valence-corrected chi connectivity index (χ4v) is 2.12. The van der Waals surface area contributed by atoms with E-state index in [0.29, 0.717) is 11.6 Å². The fraction of sp³-hybridized carbons (Fsp3) is 0.583. The van der Waals surface area contributed by atoms with Crippen LogP contribution in [0.4, 0.5) is 5.82 Å². The molecule has 1 aliphatic carbocycles. The number of aryl methyl sites for hydroxylation is 1. The summed E-state index contributed by atoms with van der Waals surface area (Å²) >= 11 is 0. The number of hydrogen-bond acceptors (Lipinski definition) is 5. The minimum absolute atomic E-state index is 0.0969. The van der Waals surface area contributed by atoms with Crippen molar-refractivity contribution in [3.05, 3.63) is 16.8 Å². The lowest BCUT2D eigenvalue weighted by Gasteiger charge is -2.24. The van der Waals surface area contributed by atoms with E-state index in [0.717, 1.165) is 36.5 Å². The molecule has 6 nitrogen and oxygen atoms in total. The molecule has 0 bridgehead atoms. The first kappa shape index (κ1) is 12.6. The summed E-state index contributed by atoms with van der Waals surface area (Å²) in [5.41, 5.74) is 8.19. The zero-order valence-corrected chi connectivity index (χ0v) is 11.0. The van der Waals surface area contributed by atoms with Crippen LogP contribution in [0.25, 0.3) is 0 Å². The molecule has 18 heavy (non-hydrogen) atoms. The summed E-state index contributed by atoms with van der Waals surface area (Å²) in [6, 6.07) is 0.511. The van der Waals surface area contributed by atoms with Gasteiger partial charge in [0, 0.05) is 12.6 Å². The van der Waals surface area contributed by atoms with Crippen molar-refractivity contribution in [1.82, 2.24) is 10.2 Å². The van der Waals surface area contributed by atoms with Crippen LogP contribution in [0.1, 0.15) is 36.6 Å². The number of nitrogens with two attached hydrogens (primary N) is 1. The van der Waals surface area contributed by atoms with E-state index in [1.165, 1.54) is 0 Å². The summed E-state index contributed by atoms with van der Waals surface area (Å²) in [4.78, 5) is 2.17. The van der Waals surface area contributed by atoms with Crippen LogP contribution in [0.2, 0.25) is 0 Å². The molecule has 0 spiro atoms. The molecule has 1 heterocycles. The maximum atomic E-state index is 8.93. The number of anilines is 1. The van der Waals surface area contributed by atoms with Crippen LogP contribution < -0.4 is 10.6 Å². The van der Waals surface area contributed by atoms with Crippen molar-refractivity contribution in [3.63, 3.8) is 0 Å². The first-order valence-electron chi connectivity index (χ1n) is 6.18. The molecule has 0 aromatic carbocycles. The zero-order chi connectivity index (χ0) is 13.3. The Bertz CT molecular complexity index is 482. The van der Waals surface area contributed by atoms with E-state index in [2.05, 4.69) is 27.2 Å². The van der Waals surface area contributed by atoms with Gasteiger partial charge in [-0.25, -0.2) is 0 Å². The quantitative estimate of drug-likeness (QED) is 0.362. The van der Waals surface area contributed by atoms with Gasteiger partial charge in [-0.1, -0.05) is 5.16 Å². The van der Waals surface area contributed by atoms with E-state index in [9.17, 15) is 0 Å². The number of oxime groups is 1. The van der Waals surface area contributed by atoms with Crippen LogP contribution in [0, 0.1) is 13.8 Å². The predicted octanol–water partition coefficient (Wildman–Crippen LogP) is 1.18. The third kappa shape index (κ3) is 2.10. The van der Waals surface area contributed by atoms with Crippen molar-refractivity contribution in [1.29, 1.82) is 0 Å². The molecular weight excluding hydrogens is 230 g/mol. The minimum Gasteiger partial charge on any atom is -0.409 e. The van der Waals surface area contributed by atoms with Gasteiger partial charge in [-0.3, -0.25) is 0 Å². The monoisotopic (exact) mass is 249 g/mol. The lowest BCUT2D eigenvalue weighted by atomic mass is 10.1. The number of rotatable bonds is 4. The van der Waals surface area contributed by atoms with Crippen molar-refractivity contribution in [2.24, 2.45) is 10.9 Å². The van der Waals surface area contributed by atoms with Gasteiger partial charge in [-0.15, -0.1) is 5.10 Å². The molecule has 3 N–H and O–H groups in total. The summed E-state index contributed by atoms with van der Waals surface area (Å²) in [6.07, 6.45) is 2.33. The summed E-state index contributed by atoms with van der Waals surface area (Å²) < 4.78 is 0. The van der Waals surface area contributed by atoms with Crippen molar-refractivity contribution in [2.75, 3.05) is 11.4 Å². The second kappa shape index (κ2) is 4.80. The van der Waals surface area contributed by atoms with E-state index in [-0.39, 0.29) is 5.84 Å². The summed E-state index contributed by atoms with van der Waals surface area (Å²) in [7, 11) is 0. The molecule has 0 saturated heterocycles. The largest absolute Gasteiger partial charge is 0.409 e. The van der Waals surface area contributed by atoms with Gasteiger partial charge in [0.15, 0.2) is 11.7 Å². The highest BCUT2D eigenvalue weighted by molar-refractivity contribution is 6.02. The highest BCUT2D eigenvalue weighted by atomic mass is 16.4. The molecule has 1 aromatic heterocycles. The van der Waals surface area contributed by atoms with Gasteiger partial charge in [0.2, 0.25) is 0 Å². The molecule has 1 aliphatic rings. The smallest absolute Gasteiger partial charge is 0.174 e. The molecule has 0 unspecified atom stereocenters. The Hall–Kier alpha value is -1.85. The Morgan fingerprint density at radius 3 is 2.61 bits per heavy atom. The van der Waals surface area contributed by atoms with Gasteiger partial charge in [0.1, 0.15) is 0 Å². The van der Waals surface area contributed by atoms with E-state index in [4.69, 9.17) is 10.9 Å². The highest BCUT2D eigenvalue weighted by Gasteiger charge is 2.32. The second-order valence-electron chi connectivity index (χ2n) is 4.61. The standard InChI is InChI=1S/C12H19N5O/c1-4-17(9-5-6-9)12-10(11(13)16-18)7(2)8(3)14-15-12/h9,18H,4-6H2,1-3H3,(H2,13,16). The third-order valence-electron chi connectivity index (χ3n) is 3.40. The average molecular weight is 249 g/mol. The van der Waals surface area contributed by atoms with Crippen LogP contribution in [-0.2, 0) is 0 Å². The van der Waals surface area contributed by atoms with E-state index >= 15 is 0 Å². The molecule has 1 fully saturated rings. The van der Waals surface area contributed by atoms with Crippen LogP contribution in [0.3, 0.4) is 0 Å². The second-order valence-corrected chi connectivity index (χ2v) is 4.61. The SMILES string of the molecule is CCN(c1nnc(C)c(C)c1/C(N)=N/O)C1CC1. The van der Waals surface area contributed by atoms with E-state index in [1.54, 1.807) is 0 Å². The summed E-state index contributed by atoms with van der Waals surface area (Å²) in [5, 5.41) is 20.4. The number of aromatic nitrogens is 2. The van der Waals surface area contributed by atoms with Crippen molar-refractivity contribution in [2.45, 2.75) is 39.7 Å². The summed E-state index contributed by atoms with van der Waals surface area (Å²) in [5.74, 6) is 0.818. The van der Waals surface area contributed by atoms with Gasteiger partial charge in [-0.2, -0.15) is 5.10 Å². The molecule has 0 aliphatic heterocycles. The number of amidine groups is 1. The first-order chi connectivity index (χ1) is 8.60. The Morgan fingerprint density at radius 1 is 1.44 bits per heavy atom. The van der Waals surface area contributed by atoms with E-state index in [1.807, 2.05) is 13.8 Å². The van der Waals surface area contributed by atoms with Crippen molar-refractivity contribution >= 4 is 11.7 Å².